The molecule has 21 heavy (non-hydrogen) atoms. The summed E-state index contributed by atoms with van der Waals surface area (Å²) in [6.45, 7) is 6.59. The molecule has 0 spiro atoms. The quantitative estimate of drug-likeness (QED) is 0.792. The number of urea groups is 1. The van der Waals surface area contributed by atoms with Crippen molar-refractivity contribution in [3.63, 3.8) is 0 Å². The lowest BCUT2D eigenvalue weighted by Crippen LogP contribution is -2.70. The number of piperidine rings is 2. The molecule has 2 bridgehead atoms. The third-order valence-electron chi connectivity index (χ3n) is 5.27. The number of hydrogen-bond acceptors (Lipinski definition) is 4. The van der Waals surface area contributed by atoms with Crippen molar-refractivity contribution >= 4 is 6.03 Å². The van der Waals surface area contributed by atoms with Gasteiger partial charge in [0.05, 0.1) is 24.9 Å². The topological polar surface area (TPSA) is 65.0 Å². The lowest BCUT2D eigenvalue weighted by Gasteiger charge is -2.56. The van der Waals surface area contributed by atoms with Crippen LogP contribution in [0.3, 0.4) is 0 Å². The Labute approximate surface area is 126 Å². The maximum absolute atomic E-state index is 12.4. The van der Waals surface area contributed by atoms with E-state index in [1.807, 2.05) is 11.8 Å². The summed E-state index contributed by atoms with van der Waals surface area (Å²) >= 11 is 0. The van der Waals surface area contributed by atoms with E-state index in [2.05, 4.69) is 10.2 Å². The molecule has 1 atom stereocenters. The van der Waals surface area contributed by atoms with Gasteiger partial charge in [-0.1, -0.05) is 0 Å². The molecule has 6 nitrogen and oxygen atoms in total. The molecular weight excluding hydrogens is 270 g/mol. The van der Waals surface area contributed by atoms with Crippen LogP contribution in [0.25, 0.3) is 0 Å². The molecule has 0 radical (unpaired) electrons. The second kappa shape index (κ2) is 6.10. The van der Waals surface area contributed by atoms with Gasteiger partial charge in [0.15, 0.2) is 0 Å². The molecule has 1 aliphatic carbocycles. The molecule has 0 aromatic carbocycles. The van der Waals surface area contributed by atoms with Crippen LogP contribution in [0.4, 0.5) is 4.79 Å². The summed E-state index contributed by atoms with van der Waals surface area (Å²) in [5.41, 5.74) is -0.710. The second-order valence-corrected chi connectivity index (χ2v) is 6.51. The van der Waals surface area contributed by atoms with E-state index >= 15 is 0 Å². The third-order valence-corrected chi connectivity index (χ3v) is 5.27. The number of nitrogens with one attached hydrogen (secondary N) is 1. The molecule has 0 aromatic rings. The van der Waals surface area contributed by atoms with E-state index in [0.29, 0.717) is 6.54 Å². The summed E-state index contributed by atoms with van der Waals surface area (Å²) in [6.07, 6.45) is 3.49. The fourth-order valence-corrected chi connectivity index (χ4v) is 4.06. The number of carbonyl (C=O) groups excluding carboxylic acids is 1. The molecule has 3 heterocycles. The van der Waals surface area contributed by atoms with Crippen LogP contribution in [0, 0.1) is 0 Å². The van der Waals surface area contributed by atoms with Crippen LogP contribution in [-0.2, 0) is 4.74 Å². The largest absolute Gasteiger partial charge is 0.388 e. The highest BCUT2D eigenvalue weighted by molar-refractivity contribution is 5.75. The van der Waals surface area contributed by atoms with Crippen LogP contribution < -0.4 is 5.32 Å². The van der Waals surface area contributed by atoms with Gasteiger partial charge >= 0.3 is 6.03 Å². The highest BCUT2D eigenvalue weighted by Crippen LogP contribution is 2.43. The van der Waals surface area contributed by atoms with E-state index in [-0.39, 0.29) is 18.1 Å². The fraction of sp³-hybridized carbons (Fsp3) is 0.933. The molecule has 1 unspecified atom stereocenters. The van der Waals surface area contributed by atoms with Gasteiger partial charge in [0.2, 0.25) is 0 Å². The van der Waals surface area contributed by atoms with Gasteiger partial charge in [-0.25, -0.2) is 4.79 Å². The SMILES string of the molecule is CCNC(=O)N1C2CCC(O)(CC2)C1CN1CCOCC1. The average Bonchev–Trinajstić information content (AvgIpc) is 2.50. The Morgan fingerprint density at radius 1 is 1.33 bits per heavy atom. The lowest BCUT2D eigenvalue weighted by atomic mass is 9.71. The van der Waals surface area contributed by atoms with Gasteiger partial charge in [-0.05, 0) is 32.6 Å². The van der Waals surface area contributed by atoms with Crippen molar-refractivity contribution in [3.05, 3.63) is 0 Å². The van der Waals surface area contributed by atoms with Gasteiger partial charge in [-0.3, -0.25) is 4.90 Å². The summed E-state index contributed by atoms with van der Waals surface area (Å²) in [7, 11) is 0. The molecule has 3 saturated heterocycles. The van der Waals surface area contributed by atoms with Gasteiger partial charge < -0.3 is 20.1 Å². The predicted octanol–water partition coefficient (Wildman–Crippen LogP) is 0.406. The summed E-state index contributed by atoms with van der Waals surface area (Å²) in [6, 6.07) is 0.185. The van der Waals surface area contributed by atoms with Crippen LogP contribution in [0.15, 0.2) is 0 Å². The average molecular weight is 297 g/mol. The normalized spacial score (nSPS) is 36.8. The minimum absolute atomic E-state index is 0.0152. The Hall–Kier alpha value is -0.850. The van der Waals surface area contributed by atoms with E-state index in [0.717, 1.165) is 58.5 Å². The van der Waals surface area contributed by atoms with Gasteiger partial charge in [0.25, 0.3) is 0 Å². The van der Waals surface area contributed by atoms with Crippen LogP contribution in [-0.4, -0.2) is 78.0 Å². The van der Waals surface area contributed by atoms with E-state index in [4.69, 9.17) is 4.74 Å². The number of aliphatic hydroxyl groups is 1. The zero-order valence-electron chi connectivity index (χ0n) is 12.9. The Balaban J connectivity index is 1.76. The molecule has 4 aliphatic rings. The summed E-state index contributed by atoms with van der Waals surface area (Å²) in [4.78, 5) is 16.7. The van der Waals surface area contributed by atoms with Crippen molar-refractivity contribution in [1.82, 2.24) is 15.1 Å². The molecule has 2 amide bonds. The van der Waals surface area contributed by atoms with E-state index in [1.54, 1.807) is 0 Å². The first-order valence-electron chi connectivity index (χ1n) is 8.22. The molecule has 4 fully saturated rings. The number of amides is 2. The van der Waals surface area contributed by atoms with Crippen molar-refractivity contribution in [2.24, 2.45) is 0 Å². The molecular formula is C15H27N3O3. The number of ether oxygens (including phenoxy) is 1. The van der Waals surface area contributed by atoms with Crippen molar-refractivity contribution in [2.45, 2.75) is 50.3 Å². The molecule has 1 saturated carbocycles. The number of rotatable bonds is 3. The second-order valence-electron chi connectivity index (χ2n) is 6.51. The number of fused-ring (bicyclic) bond motifs is 3. The summed E-state index contributed by atoms with van der Waals surface area (Å²) in [5, 5.41) is 13.9. The first kappa shape index (κ1) is 15.1. The van der Waals surface area contributed by atoms with Crippen LogP contribution in [0.2, 0.25) is 0 Å². The number of hydrogen-bond donors (Lipinski definition) is 2. The van der Waals surface area contributed by atoms with Crippen molar-refractivity contribution in [3.8, 4) is 0 Å². The summed E-state index contributed by atoms with van der Waals surface area (Å²) in [5.74, 6) is 0. The molecule has 0 aromatic heterocycles. The highest BCUT2D eigenvalue weighted by atomic mass is 16.5. The smallest absolute Gasteiger partial charge is 0.318 e. The van der Waals surface area contributed by atoms with E-state index in [9.17, 15) is 9.90 Å². The summed E-state index contributed by atoms with van der Waals surface area (Å²) < 4.78 is 5.39. The molecule has 120 valence electrons. The Bertz CT molecular complexity index is 376. The van der Waals surface area contributed by atoms with Gasteiger partial charge in [-0.15, -0.1) is 0 Å². The highest BCUT2D eigenvalue weighted by Gasteiger charge is 2.53. The Morgan fingerprint density at radius 3 is 2.62 bits per heavy atom. The van der Waals surface area contributed by atoms with Crippen LogP contribution >= 0.6 is 0 Å². The fourth-order valence-electron chi connectivity index (χ4n) is 4.06. The monoisotopic (exact) mass is 297 g/mol. The minimum Gasteiger partial charge on any atom is -0.388 e. The standard InChI is InChI=1S/C15H27N3O3/c1-2-16-14(19)18-12-3-5-15(20,6-4-12)13(18)11-17-7-9-21-10-8-17/h12-13,20H,2-11H2,1H3,(H,16,19). The molecule has 6 heteroatoms. The molecule has 4 rings (SSSR count). The first-order chi connectivity index (χ1) is 10.1. The Morgan fingerprint density at radius 2 is 2.00 bits per heavy atom. The van der Waals surface area contributed by atoms with Gasteiger partial charge in [0.1, 0.15) is 0 Å². The number of carbonyl (C=O) groups is 1. The van der Waals surface area contributed by atoms with Gasteiger partial charge in [-0.2, -0.15) is 0 Å². The van der Waals surface area contributed by atoms with Gasteiger partial charge in [0, 0.05) is 32.2 Å². The van der Waals surface area contributed by atoms with Crippen LogP contribution in [0.5, 0.6) is 0 Å². The first-order valence-corrected chi connectivity index (χ1v) is 8.22. The number of morpholine rings is 1. The number of nitrogens with zero attached hydrogens (tertiary/aromatic N) is 2. The van der Waals surface area contributed by atoms with Crippen molar-refractivity contribution in [1.29, 1.82) is 0 Å². The maximum Gasteiger partial charge on any atom is 0.318 e. The third kappa shape index (κ3) is 2.89. The van der Waals surface area contributed by atoms with Crippen LogP contribution in [0.1, 0.15) is 32.6 Å². The van der Waals surface area contributed by atoms with E-state index in [1.165, 1.54) is 0 Å². The molecule has 2 N–H and O–H groups in total. The molecule has 3 aliphatic heterocycles. The maximum atomic E-state index is 12.4. The predicted molar refractivity (Wildman–Crippen MR) is 79.2 cm³/mol. The lowest BCUT2D eigenvalue weighted by molar-refractivity contribution is -0.136. The zero-order valence-corrected chi connectivity index (χ0v) is 12.9. The van der Waals surface area contributed by atoms with Crippen molar-refractivity contribution < 1.29 is 14.6 Å². The van der Waals surface area contributed by atoms with E-state index < -0.39 is 5.60 Å². The minimum atomic E-state index is -0.710. The zero-order chi connectivity index (χ0) is 14.9. The Kier molecular flexibility index (Phi) is 4.38. The van der Waals surface area contributed by atoms with Crippen molar-refractivity contribution in [2.75, 3.05) is 39.4 Å².